The summed E-state index contributed by atoms with van der Waals surface area (Å²) in [6.45, 7) is 0. The minimum atomic E-state index is -0.461. The molecule has 0 heterocycles. The average Bonchev–Trinajstić information content (AvgIpc) is 2.63. The molecule has 0 radical (unpaired) electrons. The second-order valence-corrected chi connectivity index (χ2v) is 7.53. The third kappa shape index (κ3) is 4.61. The molecule has 2 unspecified atom stereocenters. The van der Waals surface area contributed by atoms with Crippen LogP contribution in [0.15, 0.2) is 12.2 Å². The lowest BCUT2D eigenvalue weighted by molar-refractivity contribution is -0.166. The zero-order valence-corrected chi connectivity index (χ0v) is 14.6. The minimum Gasteiger partial charge on any atom is -0.462 e. The van der Waals surface area contributed by atoms with Gasteiger partial charge in [0.15, 0.2) is 0 Å². The fraction of sp³-hybridized carbons (Fsp3) is 0.800. The largest absolute Gasteiger partial charge is 0.462 e. The van der Waals surface area contributed by atoms with Gasteiger partial charge >= 0.3 is 11.9 Å². The predicted molar refractivity (Wildman–Crippen MR) is 91.3 cm³/mol. The lowest BCUT2D eigenvalue weighted by Crippen LogP contribution is -2.36. The van der Waals surface area contributed by atoms with Crippen LogP contribution in [0.1, 0.15) is 77.0 Å². The molecule has 0 amide bonds. The predicted octanol–water partition coefficient (Wildman–Crippen LogP) is 4.32. The highest BCUT2D eigenvalue weighted by Gasteiger charge is 2.37. The average molecular weight is 334 g/mol. The summed E-state index contributed by atoms with van der Waals surface area (Å²) in [6.07, 6.45) is 16.3. The number of hydrogen-bond acceptors (Lipinski definition) is 4. The lowest BCUT2D eigenvalue weighted by Gasteiger charge is -2.30. The fourth-order valence-corrected chi connectivity index (χ4v) is 4.20. The van der Waals surface area contributed by atoms with Crippen LogP contribution in [0.2, 0.25) is 0 Å². The lowest BCUT2D eigenvalue weighted by atomic mass is 9.83. The number of carbonyl (C=O) groups is 2. The summed E-state index contributed by atoms with van der Waals surface area (Å²) in [4.78, 5) is 25.2. The van der Waals surface area contributed by atoms with Crippen LogP contribution in [0.25, 0.3) is 0 Å². The third-order valence-electron chi connectivity index (χ3n) is 5.67. The van der Waals surface area contributed by atoms with E-state index in [1.54, 1.807) is 0 Å². The zero-order valence-electron chi connectivity index (χ0n) is 14.6. The van der Waals surface area contributed by atoms with Crippen molar-refractivity contribution in [2.24, 2.45) is 11.8 Å². The summed E-state index contributed by atoms with van der Waals surface area (Å²) >= 11 is 0. The monoisotopic (exact) mass is 334 g/mol. The number of esters is 2. The molecule has 4 heteroatoms. The minimum absolute atomic E-state index is 0.0385. The Hall–Kier alpha value is -1.32. The van der Waals surface area contributed by atoms with Crippen molar-refractivity contribution in [2.45, 2.75) is 89.3 Å². The van der Waals surface area contributed by atoms with E-state index in [4.69, 9.17) is 9.47 Å². The van der Waals surface area contributed by atoms with Gasteiger partial charge in [-0.3, -0.25) is 9.59 Å². The molecule has 4 nitrogen and oxygen atoms in total. The van der Waals surface area contributed by atoms with Crippen LogP contribution in [0, 0.1) is 11.8 Å². The highest BCUT2D eigenvalue weighted by molar-refractivity contribution is 5.84. The summed E-state index contributed by atoms with van der Waals surface area (Å²) in [5.41, 5.74) is 0. The first kappa shape index (κ1) is 17.5. The van der Waals surface area contributed by atoms with Crippen molar-refractivity contribution < 1.29 is 19.1 Å². The molecule has 0 N–H and O–H groups in total. The smallest absolute Gasteiger partial charge is 0.313 e. The molecule has 0 aromatic rings. The SMILES string of the molecule is O=C(OC1CCCCC1)C1C=CCCC1C(=O)OC1CCCCC1. The second-order valence-electron chi connectivity index (χ2n) is 7.53. The highest BCUT2D eigenvalue weighted by Crippen LogP contribution is 2.31. The van der Waals surface area contributed by atoms with Gasteiger partial charge in [0.2, 0.25) is 0 Å². The maximum absolute atomic E-state index is 12.6. The highest BCUT2D eigenvalue weighted by atomic mass is 16.6. The Morgan fingerprint density at radius 2 is 1.25 bits per heavy atom. The molecular weight excluding hydrogens is 304 g/mol. The Morgan fingerprint density at radius 3 is 1.83 bits per heavy atom. The van der Waals surface area contributed by atoms with Crippen molar-refractivity contribution >= 4 is 11.9 Å². The molecule has 0 saturated heterocycles. The Bertz CT molecular complexity index is 458. The normalized spacial score (nSPS) is 29.2. The van der Waals surface area contributed by atoms with Gasteiger partial charge < -0.3 is 9.47 Å². The fourth-order valence-electron chi connectivity index (χ4n) is 4.20. The molecule has 0 aromatic carbocycles. The van der Waals surface area contributed by atoms with Crippen LogP contribution in [-0.2, 0) is 19.1 Å². The second kappa shape index (κ2) is 8.68. The molecule has 24 heavy (non-hydrogen) atoms. The molecule has 2 saturated carbocycles. The molecule has 3 aliphatic carbocycles. The first-order valence-electron chi connectivity index (χ1n) is 9.81. The van der Waals surface area contributed by atoms with Crippen LogP contribution in [0.4, 0.5) is 0 Å². The van der Waals surface area contributed by atoms with E-state index in [-0.39, 0.29) is 30.1 Å². The summed E-state index contributed by atoms with van der Waals surface area (Å²) in [6, 6.07) is 0. The van der Waals surface area contributed by atoms with Gasteiger partial charge in [-0.1, -0.05) is 25.0 Å². The van der Waals surface area contributed by atoms with Crippen LogP contribution in [-0.4, -0.2) is 24.1 Å². The van der Waals surface area contributed by atoms with E-state index in [2.05, 4.69) is 0 Å². The molecular formula is C20H30O4. The summed E-state index contributed by atoms with van der Waals surface area (Å²) in [7, 11) is 0. The summed E-state index contributed by atoms with van der Waals surface area (Å²) in [5.74, 6) is -1.26. The van der Waals surface area contributed by atoms with Gasteiger partial charge in [-0.05, 0) is 64.2 Å². The summed E-state index contributed by atoms with van der Waals surface area (Å²) in [5, 5.41) is 0. The number of allylic oxidation sites excluding steroid dienone is 1. The van der Waals surface area contributed by atoms with Gasteiger partial charge in [-0.2, -0.15) is 0 Å². The standard InChI is InChI=1S/C20H30O4/c21-19(23-15-9-3-1-4-10-15)17-13-7-8-14-18(17)20(22)24-16-11-5-2-6-12-16/h7,13,15-18H,1-6,8-12,14H2. The molecule has 2 fully saturated rings. The van der Waals surface area contributed by atoms with E-state index in [9.17, 15) is 9.59 Å². The van der Waals surface area contributed by atoms with E-state index >= 15 is 0 Å². The van der Waals surface area contributed by atoms with Crippen molar-refractivity contribution in [1.29, 1.82) is 0 Å². The maximum atomic E-state index is 12.6. The quantitative estimate of drug-likeness (QED) is 0.567. The summed E-state index contributed by atoms with van der Waals surface area (Å²) < 4.78 is 11.4. The van der Waals surface area contributed by atoms with Gasteiger partial charge in [-0.25, -0.2) is 0 Å². The Kier molecular flexibility index (Phi) is 6.33. The van der Waals surface area contributed by atoms with E-state index in [0.29, 0.717) is 6.42 Å². The van der Waals surface area contributed by atoms with E-state index < -0.39 is 5.92 Å². The van der Waals surface area contributed by atoms with Crippen LogP contribution >= 0.6 is 0 Å². The number of ether oxygens (including phenoxy) is 2. The van der Waals surface area contributed by atoms with E-state index in [0.717, 1.165) is 57.8 Å². The molecule has 3 aliphatic rings. The Labute approximate surface area is 145 Å². The van der Waals surface area contributed by atoms with Crippen molar-refractivity contribution in [3.8, 4) is 0 Å². The molecule has 134 valence electrons. The maximum Gasteiger partial charge on any atom is 0.313 e. The number of rotatable bonds is 4. The molecule has 3 rings (SSSR count). The molecule has 2 atom stereocenters. The van der Waals surface area contributed by atoms with Gasteiger partial charge in [0, 0.05) is 0 Å². The third-order valence-corrected chi connectivity index (χ3v) is 5.67. The Balaban J connectivity index is 1.57. The van der Waals surface area contributed by atoms with Gasteiger partial charge in [-0.15, -0.1) is 0 Å². The van der Waals surface area contributed by atoms with Crippen molar-refractivity contribution in [2.75, 3.05) is 0 Å². The number of carbonyl (C=O) groups excluding carboxylic acids is 2. The topological polar surface area (TPSA) is 52.6 Å². The van der Waals surface area contributed by atoms with Gasteiger partial charge in [0.05, 0.1) is 11.8 Å². The van der Waals surface area contributed by atoms with Crippen LogP contribution < -0.4 is 0 Å². The van der Waals surface area contributed by atoms with Gasteiger partial charge in [0.25, 0.3) is 0 Å². The van der Waals surface area contributed by atoms with Gasteiger partial charge in [0.1, 0.15) is 12.2 Å². The zero-order chi connectivity index (χ0) is 16.8. The van der Waals surface area contributed by atoms with Crippen molar-refractivity contribution in [3.63, 3.8) is 0 Å². The molecule has 0 aromatic heterocycles. The molecule has 0 bridgehead atoms. The first-order chi connectivity index (χ1) is 11.7. The number of hydrogen-bond donors (Lipinski definition) is 0. The molecule has 0 spiro atoms. The van der Waals surface area contributed by atoms with Crippen LogP contribution in [0.5, 0.6) is 0 Å². The Morgan fingerprint density at radius 1 is 0.708 bits per heavy atom. The van der Waals surface area contributed by atoms with E-state index in [1.807, 2.05) is 12.2 Å². The van der Waals surface area contributed by atoms with Crippen LogP contribution in [0.3, 0.4) is 0 Å². The van der Waals surface area contributed by atoms with Crippen molar-refractivity contribution in [1.82, 2.24) is 0 Å². The molecule has 0 aliphatic heterocycles. The first-order valence-corrected chi connectivity index (χ1v) is 9.81. The van der Waals surface area contributed by atoms with Crippen molar-refractivity contribution in [3.05, 3.63) is 12.2 Å². The van der Waals surface area contributed by atoms with E-state index in [1.165, 1.54) is 12.8 Å².